The van der Waals surface area contributed by atoms with Crippen molar-refractivity contribution in [2.24, 2.45) is 0 Å². The molecule has 2 amide bonds. The van der Waals surface area contributed by atoms with E-state index in [0.29, 0.717) is 22.8 Å². The number of amides is 2. The van der Waals surface area contributed by atoms with Crippen molar-refractivity contribution >= 4 is 23.2 Å². The maximum Gasteiger partial charge on any atom is 0.267 e. The molecule has 0 saturated heterocycles. The van der Waals surface area contributed by atoms with Crippen LogP contribution >= 0.6 is 0 Å². The molecule has 3 rings (SSSR count). The minimum absolute atomic E-state index is 0.178. The molecule has 1 unspecified atom stereocenters. The highest BCUT2D eigenvalue weighted by molar-refractivity contribution is 5.94. The van der Waals surface area contributed by atoms with Gasteiger partial charge in [0.05, 0.1) is 12.8 Å². The van der Waals surface area contributed by atoms with Gasteiger partial charge in [-0.05, 0) is 61.5 Å². The van der Waals surface area contributed by atoms with Crippen LogP contribution in [0.5, 0.6) is 5.75 Å². The van der Waals surface area contributed by atoms with Gasteiger partial charge in [0, 0.05) is 29.9 Å². The summed E-state index contributed by atoms with van der Waals surface area (Å²) in [5.74, 6) is 0.149. The van der Waals surface area contributed by atoms with E-state index in [1.54, 1.807) is 56.5 Å². The van der Waals surface area contributed by atoms with Gasteiger partial charge in [-0.1, -0.05) is 0 Å². The Kier molecular flexibility index (Phi) is 6.26. The fraction of sp³-hybridized carbons (Fsp3) is 0.182. The lowest BCUT2D eigenvalue weighted by atomic mass is 10.1. The lowest BCUT2D eigenvalue weighted by molar-refractivity contribution is -0.119. The number of methoxy groups -OCH3 is 1. The van der Waals surface area contributed by atoms with Crippen LogP contribution < -0.4 is 20.9 Å². The van der Waals surface area contributed by atoms with Gasteiger partial charge in [0.1, 0.15) is 11.8 Å². The van der Waals surface area contributed by atoms with E-state index >= 15 is 0 Å². The highest BCUT2D eigenvalue weighted by Gasteiger charge is 2.18. The first-order valence-electron chi connectivity index (χ1n) is 9.30. The van der Waals surface area contributed by atoms with Gasteiger partial charge < -0.3 is 15.4 Å². The maximum atomic E-state index is 12.7. The molecule has 0 aliphatic heterocycles. The summed E-state index contributed by atoms with van der Waals surface area (Å²) in [6.45, 7) is 3.02. The summed E-state index contributed by atoms with van der Waals surface area (Å²) in [4.78, 5) is 36.1. The van der Waals surface area contributed by atoms with Gasteiger partial charge >= 0.3 is 0 Å². The standard InChI is InChI=1S/C22H22N4O4/c1-14(22(29)24-18-8-6-17(7-9-18)23-15(2)27)26-21(28)13-12-20(25-26)16-4-10-19(30-3)11-5-16/h4-14H,1-3H3,(H,23,27)(H,24,29). The number of hydrogen-bond donors (Lipinski definition) is 2. The van der Waals surface area contributed by atoms with Crippen LogP contribution in [0, 0.1) is 0 Å². The second kappa shape index (κ2) is 9.04. The molecule has 3 aromatic rings. The fourth-order valence-electron chi connectivity index (χ4n) is 2.82. The van der Waals surface area contributed by atoms with Gasteiger partial charge in [0.25, 0.3) is 5.56 Å². The number of carbonyl (C=O) groups is 2. The van der Waals surface area contributed by atoms with Crippen molar-refractivity contribution in [1.29, 1.82) is 0 Å². The monoisotopic (exact) mass is 406 g/mol. The number of rotatable bonds is 6. The molecule has 0 bridgehead atoms. The van der Waals surface area contributed by atoms with Crippen molar-refractivity contribution in [3.63, 3.8) is 0 Å². The van der Waals surface area contributed by atoms with Gasteiger partial charge in [0.15, 0.2) is 0 Å². The van der Waals surface area contributed by atoms with Crippen LogP contribution in [0.1, 0.15) is 19.9 Å². The lowest BCUT2D eigenvalue weighted by Crippen LogP contribution is -2.33. The molecule has 8 heteroatoms. The number of nitrogens with one attached hydrogen (secondary N) is 2. The number of anilines is 2. The molecule has 2 aromatic carbocycles. The molecule has 0 aliphatic carbocycles. The van der Waals surface area contributed by atoms with E-state index in [4.69, 9.17) is 4.74 Å². The highest BCUT2D eigenvalue weighted by Crippen LogP contribution is 2.20. The minimum Gasteiger partial charge on any atom is -0.497 e. The van der Waals surface area contributed by atoms with Gasteiger partial charge in [-0.25, -0.2) is 4.68 Å². The molecule has 0 spiro atoms. The third-order valence-electron chi connectivity index (χ3n) is 4.43. The first kappa shape index (κ1) is 20.8. The Balaban J connectivity index is 1.78. The summed E-state index contributed by atoms with van der Waals surface area (Å²) >= 11 is 0. The third-order valence-corrected chi connectivity index (χ3v) is 4.43. The van der Waals surface area contributed by atoms with Gasteiger partial charge in [-0.15, -0.1) is 0 Å². The van der Waals surface area contributed by atoms with Crippen LogP contribution in [-0.4, -0.2) is 28.7 Å². The Labute approximate surface area is 173 Å². The van der Waals surface area contributed by atoms with Crippen LogP contribution in [0.15, 0.2) is 65.5 Å². The summed E-state index contributed by atoms with van der Waals surface area (Å²) in [5.41, 5.74) is 2.15. The number of hydrogen-bond acceptors (Lipinski definition) is 5. The van der Waals surface area contributed by atoms with Crippen molar-refractivity contribution in [2.45, 2.75) is 19.9 Å². The first-order valence-corrected chi connectivity index (χ1v) is 9.30. The molecule has 2 N–H and O–H groups in total. The van der Waals surface area contributed by atoms with Crippen molar-refractivity contribution in [3.05, 3.63) is 71.0 Å². The zero-order chi connectivity index (χ0) is 21.7. The number of nitrogens with zero attached hydrogens (tertiary/aromatic N) is 2. The first-order chi connectivity index (χ1) is 14.4. The van der Waals surface area contributed by atoms with Crippen molar-refractivity contribution < 1.29 is 14.3 Å². The van der Waals surface area contributed by atoms with Crippen LogP contribution in [0.2, 0.25) is 0 Å². The zero-order valence-electron chi connectivity index (χ0n) is 16.9. The average molecular weight is 406 g/mol. The Bertz CT molecular complexity index is 1110. The third kappa shape index (κ3) is 4.91. The van der Waals surface area contributed by atoms with Gasteiger partial charge in [0.2, 0.25) is 11.8 Å². The second-order valence-corrected chi connectivity index (χ2v) is 6.65. The van der Waals surface area contributed by atoms with Crippen LogP contribution in [0.3, 0.4) is 0 Å². The van der Waals surface area contributed by atoms with Gasteiger partial charge in [-0.2, -0.15) is 5.10 Å². The van der Waals surface area contributed by atoms with Crippen molar-refractivity contribution in [3.8, 4) is 17.0 Å². The summed E-state index contributed by atoms with van der Waals surface area (Å²) in [7, 11) is 1.58. The SMILES string of the molecule is COc1ccc(-c2ccc(=O)n(C(C)C(=O)Nc3ccc(NC(C)=O)cc3)n2)cc1. The van der Waals surface area contributed by atoms with E-state index < -0.39 is 6.04 Å². The van der Waals surface area contributed by atoms with Crippen molar-refractivity contribution in [2.75, 3.05) is 17.7 Å². The maximum absolute atomic E-state index is 12.7. The molecule has 154 valence electrons. The molecule has 0 aliphatic rings. The molecule has 0 radical (unpaired) electrons. The quantitative estimate of drug-likeness (QED) is 0.655. The zero-order valence-corrected chi connectivity index (χ0v) is 16.9. The largest absolute Gasteiger partial charge is 0.497 e. The number of ether oxygens (including phenoxy) is 1. The fourth-order valence-corrected chi connectivity index (χ4v) is 2.82. The van der Waals surface area contributed by atoms with E-state index in [1.807, 2.05) is 12.1 Å². The Morgan fingerprint density at radius 3 is 2.10 bits per heavy atom. The van der Waals surface area contributed by atoms with E-state index in [2.05, 4.69) is 15.7 Å². The predicted octanol–water partition coefficient (Wildman–Crippen LogP) is 3.08. The Morgan fingerprint density at radius 1 is 0.933 bits per heavy atom. The summed E-state index contributed by atoms with van der Waals surface area (Å²) in [5, 5.41) is 9.77. The second-order valence-electron chi connectivity index (χ2n) is 6.65. The van der Waals surface area contributed by atoms with Crippen LogP contribution in [0.25, 0.3) is 11.3 Å². The lowest BCUT2D eigenvalue weighted by Gasteiger charge is -2.15. The topological polar surface area (TPSA) is 102 Å². The van der Waals surface area contributed by atoms with E-state index in [0.717, 1.165) is 10.2 Å². The van der Waals surface area contributed by atoms with Crippen molar-refractivity contribution in [1.82, 2.24) is 9.78 Å². The number of carbonyl (C=O) groups excluding carboxylic acids is 2. The summed E-state index contributed by atoms with van der Waals surface area (Å²) in [6, 6.07) is 16.1. The predicted molar refractivity (Wildman–Crippen MR) is 115 cm³/mol. The molecule has 30 heavy (non-hydrogen) atoms. The normalized spacial score (nSPS) is 11.4. The van der Waals surface area contributed by atoms with Crippen LogP contribution in [0.4, 0.5) is 11.4 Å². The van der Waals surface area contributed by atoms with E-state index in [1.165, 1.54) is 13.0 Å². The summed E-state index contributed by atoms with van der Waals surface area (Å²) < 4.78 is 6.30. The molecule has 1 atom stereocenters. The smallest absolute Gasteiger partial charge is 0.267 e. The Morgan fingerprint density at radius 2 is 1.53 bits per heavy atom. The molecule has 0 saturated carbocycles. The van der Waals surface area contributed by atoms with E-state index in [-0.39, 0.29) is 17.4 Å². The number of benzene rings is 2. The molecular weight excluding hydrogens is 384 g/mol. The number of aromatic nitrogens is 2. The molecule has 1 aromatic heterocycles. The molecule has 0 fully saturated rings. The molecule has 1 heterocycles. The van der Waals surface area contributed by atoms with Gasteiger partial charge in [-0.3, -0.25) is 14.4 Å². The van der Waals surface area contributed by atoms with Crippen LogP contribution in [-0.2, 0) is 9.59 Å². The molecule has 8 nitrogen and oxygen atoms in total. The Hall–Kier alpha value is -3.94. The molecular formula is C22H22N4O4. The average Bonchev–Trinajstić information content (AvgIpc) is 2.74. The highest BCUT2D eigenvalue weighted by atomic mass is 16.5. The minimum atomic E-state index is -0.828. The van der Waals surface area contributed by atoms with E-state index in [9.17, 15) is 14.4 Å². The summed E-state index contributed by atoms with van der Waals surface area (Å²) in [6.07, 6.45) is 0.